The van der Waals surface area contributed by atoms with Crippen LogP contribution in [0.25, 0.3) is 5.69 Å². The van der Waals surface area contributed by atoms with Crippen LogP contribution >= 0.6 is 11.6 Å². The molecule has 0 fully saturated rings. The maximum absolute atomic E-state index is 12.1. The zero-order valence-corrected chi connectivity index (χ0v) is 12.9. The van der Waals surface area contributed by atoms with Crippen molar-refractivity contribution in [2.75, 3.05) is 19.6 Å². The molecule has 5 nitrogen and oxygen atoms in total. The number of hydrogen-bond acceptors (Lipinski definition) is 3. The van der Waals surface area contributed by atoms with Crippen LogP contribution in [0.3, 0.4) is 0 Å². The van der Waals surface area contributed by atoms with Gasteiger partial charge in [0.25, 0.3) is 5.91 Å². The number of benzene rings is 1. The van der Waals surface area contributed by atoms with Gasteiger partial charge in [-0.1, -0.05) is 24.6 Å². The second-order valence-corrected chi connectivity index (χ2v) is 5.08. The third-order valence-corrected chi connectivity index (χ3v) is 3.38. The van der Waals surface area contributed by atoms with Crippen LogP contribution in [0.15, 0.2) is 30.5 Å². The number of likely N-dealkylation sites (N-methyl/N-ethyl adjacent to an activating group) is 1. The third-order valence-electron chi connectivity index (χ3n) is 3.14. The van der Waals surface area contributed by atoms with Crippen molar-refractivity contribution in [1.82, 2.24) is 20.4 Å². The second kappa shape index (κ2) is 7.24. The largest absolute Gasteiger partial charge is 0.351 e. The summed E-state index contributed by atoms with van der Waals surface area (Å²) < 4.78 is 1.71. The highest BCUT2D eigenvalue weighted by molar-refractivity contribution is 6.30. The van der Waals surface area contributed by atoms with Gasteiger partial charge in [0.15, 0.2) is 0 Å². The summed E-state index contributed by atoms with van der Waals surface area (Å²) in [6.45, 7) is 6.13. The average molecular weight is 307 g/mol. The van der Waals surface area contributed by atoms with E-state index < -0.39 is 0 Å². The summed E-state index contributed by atoms with van der Waals surface area (Å²) in [6.07, 6.45) is 1.58. The number of rotatable bonds is 6. The first-order valence-corrected chi connectivity index (χ1v) is 7.30. The van der Waals surface area contributed by atoms with E-state index in [-0.39, 0.29) is 5.91 Å². The molecule has 1 aromatic carbocycles. The Morgan fingerprint density at radius 3 is 2.90 bits per heavy atom. The summed E-state index contributed by atoms with van der Waals surface area (Å²) >= 11 is 5.99. The van der Waals surface area contributed by atoms with Crippen LogP contribution in [0.5, 0.6) is 0 Å². The molecule has 0 atom stereocenters. The lowest BCUT2D eigenvalue weighted by molar-refractivity contribution is 0.0953. The quantitative estimate of drug-likeness (QED) is 0.804. The lowest BCUT2D eigenvalue weighted by atomic mass is 10.2. The predicted octanol–water partition coefficient (Wildman–Crippen LogP) is 2.17. The first-order chi connectivity index (χ1) is 10.1. The highest BCUT2D eigenvalue weighted by Crippen LogP contribution is 2.17. The van der Waals surface area contributed by atoms with Crippen molar-refractivity contribution in [3.05, 3.63) is 46.7 Å². The molecular weight excluding hydrogens is 288 g/mol. The first kappa shape index (κ1) is 15.5. The van der Waals surface area contributed by atoms with E-state index in [2.05, 4.69) is 15.7 Å². The maximum Gasteiger partial charge on any atom is 0.254 e. The molecule has 0 saturated heterocycles. The van der Waals surface area contributed by atoms with Gasteiger partial charge in [-0.2, -0.15) is 5.10 Å². The molecule has 21 heavy (non-hydrogen) atoms. The molecule has 2 aromatic rings. The summed E-state index contributed by atoms with van der Waals surface area (Å²) in [4.78, 5) is 12.1. The fourth-order valence-electron chi connectivity index (χ4n) is 2.04. The molecule has 1 heterocycles. The number of halogens is 1. The minimum atomic E-state index is -0.112. The zero-order chi connectivity index (χ0) is 15.2. The van der Waals surface area contributed by atoms with Crippen molar-refractivity contribution in [2.24, 2.45) is 0 Å². The lowest BCUT2D eigenvalue weighted by Gasteiger charge is -2.07. The summed E-state index contributed by atoms with van der Waals surface area (Å²) in [5.41, 5.74) is 2.20. The van der Waals surface area contributed by atoms with Gasteiger partial charge in [-0.05, 0) is 31.7 Å². The molecule has 112 valence electrons. The van der Waals surface area contributed by atoms with Gasteiger partial charge in [-0.15, -0.1) is 0 Å². The van der Waals surface area contributed by atoms with Crippen LogP contribution in [-0.4, -0.2) is 35.3 Å². The number of aromatic nitrogens is 2. The first-order valence-electron chi connectivity index (χ1n) is 6.93. The van der Waals surface area contributed by atoms with Crippen molar-refractivity contribution in [1.29, 1.82) is 0 Å². The Kier molecular flexibility index (Phi) is 5.36. The Morgan fingerprint density at radius 1 is 1.38 bits per heavy atom. The van der Waals surface area contributed by atoms with Crippen molar-refractivity contribution in [2.45, 2.75) is 13.8 Å². The average Bonchev–Trinajstić information content (AvgIpc) is 2.85. The molecule has 0 aliphatic carbocycles. The van der Waals surface area contributed by atoms with Crippen molar-refractivity contribution in [3.8, 4) is 5.69 Å². The lowest BCUT2D eigenvalue weighted by Crippen LogP contribution is -2.31. The summed E-state index contributed by atoms with van der Waals surface area (Å²) in [7, 11) is 0. The number of nitrogens with one attached hydrogen (secondary N) is 2. The maximum atomic E-state index is 12.1. The number of carbonyl (C=O) groups is 1. The van der Waals surface area contributed by atoms with Crippen LogP contribution in [0.4, 0.5) is 0 Å². The standard InChI is InChI=1S/C15H19ClN4O/c1-3-17-7-8-18-15(21)14-10-19-20(11(14)2)13-6-4-5-12(16)9-13/h4-6,9-10,17H,3,7-8H2,1-2H3,(H,18,21). The fraction of sp³-hybridized carbons (Fsp3) is 0.333. The van der Waals surface area contributed by atoms with Gasteiger partial charge >= 0.3 is 0 Å². The molecule has 6 heteroatoms. The molecule has 0 aliphatic heterocycles. The molecule has 1 aromatic heterocycles. The van der Waals surface area contributed by atoms with Gasteiger partial charge < -0.3 is 10.6 Å². The van der Waals surface area contributed by atoms with Crippen molar-refractivity contribution in [3.63, 3.8) is 0 Å². The van der Waals surface area contributed by atoms with E-state index in [4.69, 9.17) is 11.6 Å². The SMILES string of the molecule is CCNCCNC(=O)c1cnn(-c2cccc(Cl)c2)c1C. The van der Waals surface area contributed by atoms with Gasteiger partial charge in [-0.25, -0.2) is 4.68 Å². The van der Waals surface area contributed by atoms with E-state index in [9.17, 15) is 4.79 Å². The number of amides is 1. The summed E-state index contributed by atoms with van der Waals surface area (Å²) in [5, 5.41) is 10.9. The third kappa shape index (κ3) is 3.83. The molecule has 2 N–H and O–H groups in total. The van der Waals surface area contributed by atoms with Crippen LogP contribution < -0.4 is 10.6 Å². The van der Waals surface area contributed by atoms with Crippen LogP contribution in [-0.2, 0) is 0 Å². The molecule has 1 amide bonds. The second-order valence-electron chi connectivity index (χ2n) is 4.64. The Labute approximate surface area is 129 Å². The van der Waals surface area contributed by atoms with E-state index in [1.807, 2.05) is 32.0 Å². The van der Waals surface area contributed by atoms with Crippen LogP contribution in [0.2, 0.25) is 5.02 Å². The molecule has 0 unspecified atom stereocenters. The number of carbonyl (C=O) groups excluding carboxylic acids is 1. The molecule has 0 spiro atoms. The van der Waals surface area contributed by atoms with E-state index in [0.29, 0.717) is 17.1 Å². The minimum absolute atomic E-state index is 0.112. The normalized spacial score (nSPS) is 10.6. The highest BCUT2D eigenvalue weighted by Gasteiger charge is 2.14. The molecule has 0 bridgehead atoms. The van der Waals surface area contributed by atoms with Crippen molar-refractivity contribution >= 4 is 17.5 Å². The Balaban J connectivity index is 2.11. The Hall–Kier alpha value is -1.85. The van der Waals surface area contributed by atoms with E-state index in [0.717, 1.165) is 24.5 Å². The smallest absolute Gasteiger partial charge is 0.254 e. The van der Waals surface area contributed by atoms with Crippen molar-refractivity contribution < 1.29 is 4.79 Å². The van der Waals surface area contributed by atoms with Gasteiger partial charge in [0, 0.05) is 18.1 Å². The van der Waals surface area contributed by atoms with E-state index in [1.54, 1.807) is 16.9 Å². The summed E-state index contributed by atoms with van der Waals surface area (Å²) in [5.74, 6) is -0.112. The molecule has 2 rings (SSSR count). The van der Waals surface area contributed by atoms with Gasteiger partial charge in [0.05, 0.1) is 23.1 Å². The molecule has 0 aliphatic rings. The van der Waals surface area contributed by atoms with E-state index >= 15 is 0 Å². The Bertz CT molecular complexity index is 624. The zero-order valence-electron chi connectivity index (χ0n) is 12.2. The van der Waals surface area contributed by atoms with Gasteiger partial charge in [0.2, 0.25) is 0 Å². The predicted molar refractivity (Wildman–Crippen MR) is 84.2 cm³/mol. The van der Waals surface area contributed by atoms with E-state index in [1.165, 1.54) is 0 Å². The topological polar surface area (TPSA) is 58.9 Å². The minimum Gasteiger partial charge on any atom is -0.351 e. The highest BCUT2D eigenvalue weighted by atomic mass is 35.5. The molecule has 0 saturated carbocycles. The Morgan fingerprint density at radius 2 is 2.19 bits per heavy atom. The summed E-state index contributed by atoms with van der Waals surface area (Å²) in [6, 6.07) is 7.38. The molecule has 0 radical (unpaired) electrons. The van der Waals surface area contributed by atoms with Gasteiger partial charge in [-0.3, -0.25) is 4.79 Å². The van der Waals surface area contributed by atoms with Gasteiger partial charge in [0.1, 0.15) is 0 Å². The molecular formula is C15H19ClN4O. The number of hydrogen-bond donors (Lipinski definition) is 2. The van der Waals surface area contributed by atoms with Crippen LogP contribution in [0, 0.1) is 6.92 Å². The fourth-order valence-corrected chi connectivity index (χ4v) is 2.22. The monoisotopic (exact) mass is 306 g/mol. The number of nitrogens with zero attached hydrogens (tertiary/aromatic N) is 2. The van der Waals surface area contributed by atoms with Crippen LogP contribution in [0.1, 0.15) is 23.0 Å².